The summed E-state index contributed by atoms with van der Waals surface area (Å²) in [5.41, 5.74) is 5.45. The van der Waals surface area contributed by atoms with Gasteiger partial charge in [-0.2, -0.15) is 0 Å². The van der Waals surface area contributed by atoms with Crippen molar-refractivity contribution in [3.8, 4) is 0 Å². The Balaban J connectivity index is 2.50. The van der Waals surface area contributed by atoms with E-state index in [9.17, 15) is 9.59 Å². The molecular weight excluding hydrogens is 210 g/mol. The number of hydrogen-bond donors (Lipinski definition) is 3. The Morgan fingerprint density at radius 2 is 2.12 bits per heavy atom. The lowest BCUT2D eigenvalue weighted by Crippen LogP contribution is -2.37. The highest BCUT2D eigenvalue weighted by Crippen LogP contribution is 1.96. The molecule has 4 N–H and O–H groups in total. The van der Waals surface area contributed by atoms with E-state index in [4.69, 9.17) is 5.73 Å². The fraction of sp³-hybridized carbons (Fsp3) is 0.333. The highest BCUT2D eigenvalue weighted by Gasteiger charge is 2.09. The van der Waals surface area contributed by atoms with Crippen molar-refractivity contribution in [2.24, 2.45) is 0 Å². The maximum atomic E-state index is 11.5. The fourth-order valence-corrected chi connectivity index (χ4v) is 1.00. The van der Waals surface area contributed by atoms with Gasteiger partial charge in [-0.05, 0) is 6.92 Å². The van der Waals surface area contributed by atoms with Crippen molar-refractivity contribution in [1.29, 1.82) is 0 Å². The Kier molecular flexibility index (Phi) is 4.19. The average Bonchev–Trinajstić information content (AvgIpc) is 2.26. The molecule has 7 heteroatoms. The Morgan fingerprint density at radius 3 is 2.75 bits per heavy atom. The summed E-state index contributed by atoms with van der Waals surface area (Å²) in [6.45, 7) is 2.22. The number of nitrogens with one attached hydrogen (secondary N) is 2. The summed E-state index contributed by atoms with van der Waals surface area (Å²) in [4.78, 5) is 30.0. The minimum absolute atomic E-state index is 0.0873. The number of rotatable bonds is 4. The van der Waals surface area contributed by atoms with E-state index in [0.717, 1.165) is 0 Å². The smallest absolute Gasteiger partial charge is 0.272 e. The summed E-state index contributed by atoms with van der Waals surface area (Å²) in [6, 6.07) is 0. The van der Waals surface area contributed by atoms with Gasteiger partial charge in [-0.3, -0.25) is 14.6 Å². The van der Waals surface area contributed by atoms with E-state index >= 15 is 0 Å². The standard InChI is InChI=1S/C9H13N5O2/c1-2-12-8(15)5-13-9(16)6-3-11-4-7(10)14-6/h3-4H,2,5H2,1H3,(H2,10,14)(H,12,15)(H,13,16). The monoisotopic (exact) mass is 223 g/mol. The zero-order valence-electron chi connectivity index (χ0n) is 8.86. The van der Waals surface area contributed by atoms with Crippen LogP contribution in [0.2, 0.25) is 0 Å². The lowest BCUT2D eigenvalue weighted by atomic mass is 10.4. The number of nitrogen functional groups attached to an aromatic ring is 1. The van der Waals surface area contributed by atoms with Gasteiger partial charge in [-0.1, -0.05) is 0 Å². The number of nitrogens with two attached hydrogens (primary N) is 1. The third-order valence-corrected chi connectivity index (χ3v) is 1.67. The zero-order chi connectivity index (χ0) is 12.0. The third-order valence-electron chi connectivity index (χ3n) is 1.67. The van der Waals surface area contributed by atoms with E-state index in [0.29, 0.717) is 6.54 Å². The van der Waals surface area contributed by atoms with Gasteiger partial charge in [0, 0.05) is 6.54 Å². The van der Waals surface area contributed by atoms with E-state index in [2.05, 4.69) is 20.6 Å². The molecule has 0 saturated heterocycles. The predicted octanol–water partition coefficient (Wildman–Crippen LogP) is -1.08. The van der Waals surface area contributed by atoms with Crippen molar-refractivity contribution >= 4 is 17.6 Å². The molecule has 7 nitrogen and oxygen atoms in total. The van der Waals surface area contributed by atoms with Gasteiger partial charge in [0.15, 0.2) is 0 Å². The van der Waals surface area contributed by atoms with E-state index < -0.39 is 5.91 Å². The zero-order valence-corrected chi connectivity index (χ0v) is 8.86. The molecule has 1 aromatic rings. The Hall–Kier alpha value is -2.18. The van der Waals surface area contributed by atoms with Gasteiger partial charge in [-0.15, -0.1) is 0 Å². The summed E-state index contributed by atoms with van der Waals surface area (Å²) < 4.78 is 0. The van der Waals surface area contributed by atoms with E-state index in [1.807, 2.05) is 0 Å². The van der Waals surface area contributed by atoms with E-state index in [-0.39, 0.29) is 24.0 Å². The Bertz CT molecular complexity index is 393. The number of amides is 2. The molecule has 1 heterocycles. The number of anilines is 1. The van der Waals surface area contributed by atoms with Crippen LogP contribution in [-0.4, -0.2) is 34.9 Å². The molecule has 1 aromatic heterocycles. The molecule has 0 radical (unpaired) electrons. The van der Waals surface area contributed by atoms with Crippen LogP contribution in [0.1, 0.15) is 17.4 Å². The van der Waals surface area contributed by atoms with Crippen LogP contribution in [0, 0.1) is 0 Å². The molecular formula is C9H13N5O2. The second-order valence-electron chi connectivity index (χ2n) is 2.97. The molecule has 0 aliphatic heterocycles. The first kappa shape index (κ1) is 11.9. The van der Waals surface area contributed by atoms with Gasteiger partial charge in [0.2, 0.25) is 5.91 Å². The Morgan fingerprint density at radius 1 is 1.38 bits per heavy atom. The van der Waals surface area contributed by atoms with Crippen molar-refractivity contribution in [3.05, 3.63) is 18.1 Å². The lowest BCUT2D eigenvalue weighted by molar-refractivity contribution is -0.120. The van der Waals surface area contributed by atoms with Crippen molar-refractivity contribution in [2.75, 3.05) is 18.8 Å². The second kappa shape index (κ2) is 5.64. The molecule has 0 spiro atoms. The largest absolute Gasteiger partial charge is 0.382 e. The Labute approximate surface area is 92.5 Å². The van der Waals surface area contributed by atoms with Crippen LogP contribution in [0.25, 0.3) is 0 Å². The first-order valence-corrected chi connectivity index (χ1v) is 4.76. The number of carbonyl (C=O) groups is 2. The number of aromatic nitrogens is 2. The molecule has 0 unspecified atom stereocenters. The van der Waals surface area contributed by atoms with E-state index in [1.165, 1.54) is 12.4 Å². The predicted molar refractivity (Wildman–Crippen MR) is 57.5 cm³/mol. The molecule has 0 fully saturated rings. The second-order valence-corrected chi connectivity index (χ2v) is 2.97. The van der Waals surface area contributed by atoms with Gasteiger partial charge in [0.05, 0.1) is 18.9 Å². The van der Waals surface area contributed by atoms with Crippen molar-refractivity contribution in [3.63, 3.8) is 0 Å². The van der Waals surface area contributed by atoms with Crippen molar-refractivity contribution in [1.82, 2.24) is 20.6 Å². The summed E-state index contributed by atoms with van der Waals surface area (Å²) >= 11 is 0. The molecule has 0 saturated carbocycles. The number of carbonyl (C=O) groups excluding carboxylic acids is 2. The molecule has 2 amide bonds. The summed E-state index contributed by atoms with van der Waals surface area (Å²) in [6.07, 6.45) is 2.62. The summed E-state index contributed by atoms with van der Waals surface area (Å²) in [7, 11) is 0. The molecule has 0 atom stereocenters. The minimum Gasteiger partial charge on any atom is -0.382 e. The molecule has 0 aliphatic carbocycles. The van der Waals surface area contributed by atoms with Crippen molar-refractivity contribution in [2.45, 2.75) is 6.92 Å². The fourth-order valence-electron chi connectivity index (χ4n) is 1.00. The minimum atomic E-state index is -0.481. The molecule has 0 aromatic carbocycles. The number of hydrogen-bond acceptors (Lipinski definition) is 5. The van der Waals surface area contributed by atoms with Crippen LogP contribution in [0.15, 0.2) is 12.4 Å². The van der Waals surface area contributed by atoms with Crippen molar-refractivity contribution < 1.29 is 9.59 Å². The highest BCUT2D eigenvalue weighted by molar-refractivity contribution is 5.94. The first-order chi connectivity index (χ1) is 7.63. The maximum Gasteiger partial charge on any atom is 0.272 e. The molecule has 0 aliphatic rings. The highest BCUT2D eigenvalue weighted by atomic mass is 16.2. The molecule has 86 valence electrons. The van der Waals surface area contributed by atoms with Gasteiger partial charge < -0.3 is 16.4 Å². The van der Waals surface area contributed by atoms with Gasteiger partial charge in [0.1, 0.15) is 11.5 Å². The van der Waals surface area contributed by atoms with Crippen LogP contribution in [0.5, 0.6) is 0 Å². The van der Waals surface area contributed by atoms with Gasteiger partial charge >= 0.3 is 0 Å². The number of nitrogens with zero attached hydrogens (tertiary/aromatic N) is 2. The third kappa shape index (κ3) is 3.52. The topological polar surface area (TPSA) is 110 Å². The van der Waals surface area contributed by atoms with Gasteiger partial charge in [0.25, 0.3) is 5.91 Å². The maximum absolute atomic E-state index is 11.5. The van der Waals surface area contributed by atoms with Crippen LogP contribution in [0.3, 0.4) is 0 Å². The molecule has 1 rings (SSSR count). The SMILES string of the molecule is CCNC(=O)CNC(=O)c1cncc(N)n1. The first-order valence-electron chi connectivity index (χ1n) is 4.76. The van der Waals surface area contributed by atoms with Crippen LogP contribution in [0.4, 0.5) is 5.82 Å². The van der Waals surface area contributed by atoms with E-state index in [1.54, 1.807) is 6.92 Å². The van der Waals surface area contributed by atoms with Crippen LogP contribution < -0.4 is 16.4 Å². The van der Waals surface area contributed by atoms with Gasteiger partial charge in [-0.25, -0.2) is 4.98 Å². The van der Waals surface area contributed by atoms with Crippen LogP contribution in [-0.2, 0) is 4.79 Å². The lowest BCUT2D eigenvalue weighted by Gasteiger charge is -2.04. The summed E-state index contributed by atoms with van der Waals surface area (Å²) in [5, 5.41) is 4.95. The van der Waals surface area contributed by atoms with Crippen LogP contribution >= 0.6 is 0 Å². The number of likely N-dealkylation sites (N-methyl/N-ethyl adjacent to an activating group) is 1. The summed E-state index contributed by atoms with van der Waals surface area (Å²) in [5.74, 6) is -0.579. The average molecular weight is 223 g/mol. The molecule has 0 bridgehead atoms. The normalized spacial score (nSPS) is 9.56. The molecule has 16 heavy (non-hydrogen) atoms. The quantitative estimate of drug-likeness (QED) is 0.601.